The fourth-order valence-electron chi connectivity index (χ4n) is 3.58. The number of hydrogen-bond acceptors (Lipinski definition) is 3. The van der Waals surface area contributed by atoms with Crippen LogP contribution in [0.1, 0.15) is 40.2 Å². The molecule has 126 valence electrons. The highest BCUT2D eigenvalue weighted by atomic mass is 35.5. The third kappa shape index (κ3) is 2.94. The second-order valence-corrected chi connectivity index (χ2v) is 7.00. The topological polar surface area (TPSA) is 61.0 Å². The molecule has 0 bridgehead atoms. The summed E-state index contributed by atoms with van der Waals surface area (Å²) in [5.74, 6) is -0.0565. The van der Waals surface area contributed by atoms with E-state index in [-0.39, 0.29) is 5.91 Å². The Hall–Kier alpha value is -1.85. The molecule has 0 saturated carbocycles. The summed E-state index contributed by atoms with van der Waals surface area (Å²) in [6.45, 7) is 2.53. The van der Waals surface area contributed by atoms with Crippen molar-refractivity contribution in [2.24, 2.45) is 0 Å². The lowest BCUT2D eigenvalue weighted by Gasteiger charge is -2.41. The third-order valence-corrected chi connectivity index (χ3v) is 5.49. The summed E-state index contributed by atoms with van der Waals surface area (Å²) >= 11 is 6.24. The largest absolute Gasteiger partial charge is 0.349 e. The lowest BCUT2D eigenvalue weighted by Crippen LogP contribution is -2.52. The van der Waals surface area contributed by atoms with Crippen molar-refractivity contribution in [2.75, 3.05) is 13.1 Å². The molecule has 2 aliphatic rings. The number of likely N-dealkylation sites (tertiary alicyclic amines) is 1. The Balaban J connectivity index is 1.33. The van der Waals surface area contributed by atoms with Gasteiger partial charge in [0.1, 0.15) is 0 Å². The molecule has 1 unspecified atom stereocenters. The summed E-state index contributed by atoms with van der Waals surface area (Å²) in [5.41, 5.74) is 3.96. The predicted molar refractivity (Wildman–Crippen MR) is 93.2 cm³/mol. The fourth-order valence-corrected chi connectivity index (χ4v) is 3.78. The molecule has 6 heteroatoms. The number of aryl methyl sites for hydroxylation is 1. The molecule has 1 aliphatic heterocycles. The number of aromatic nitrogens is 2. The molecule has 1 aromatic heterocycles. The normalized spacial score (nSPS) is 19.8. The van der Waals surface area contributed by atoms with Crippen molar-refractivity contribution in [3.8, 4) is 0 Å². The first kappa shape index (κ1) is 15.7. The first-order chi connectivity index (χ1) is 11.7. The number of benzene rings is 1. The summed E-state index contributed by atoms with van der Waals surface area (Å²) in [6.07, 6.45) is 4.17. The molecule has 1 amide bonds. The fraction of sp³-hybridized carbons (Fsp3) is 0.444. The number of H-pyrrole nitrogens is 1. The Morgan fingerprint density at radius 2 is 2.25 bits per heavy atom. The number of halogens is 1. The van der Waals surface area contributed by atoms with Crippen LogP contribution in [0.2, 0.25) is 5.02 Å². The average molecular weight is 345 g/mol. The number of nitrogens with one attached hydrogen (secondary N) is 2. The van der Waals surface area contributed by atoms with E-state index in [0.717, 1.165) is 60.6 Å². The molecule has 2 N–H and O–H groups in total. The second-order valence-electron chi connectivity index (χ2n) is 6.60. The van der Waals surface area contributed by atoms with Gasteiger partial charge in [-0.3, -0.25) is 14.8 Å². The molecule has 4 rings (SSSR count). The minimum Gasteiger partial charge on any atom is -0.349 e. The molecule has 0 radical (unpaired) electrons. The van der Waals surface area contributed by atoms with Crippen LogP contribution in [0.4, 0.5) is 0 Å². The summed E-state index contributed by atoms with van der Waals surface area (Å²) < 4.78 is 0. The van der Waals surface area contributed by atoms with E-state index in [1.165, 1.54) is 0 Å². The van der Waals surface area contributed by atoms with Gasteiger partial charge in [-0.15, -0.1) is 0 Å². The maximum absolute atomic E-state index is 12.4. The average Bonchev–Trinajstić information content (AvgIpc) is 3.16. The predicted octanol–water partition coefficient (Wildman–Crippen LogP) is 2.56. The summed E-state index contributed by atoms with van der Waals surface area (Å²) in [4.78, 5) is 14.8. The van der Waals surface area contributed by atoms with Gasteiger partial charge in [0.05, 0.1) is 0 Å². The Morgan fingerprint density at radius 3 is 3.04 bits per heavy atom. The Kier molecular flexibility index (Phi) is 4.29. The molecule has 1 aliphatic carbocycles. The van der Waals surface area contributed by atoms with Crippen LogP contribution >= 0.6 is 11.6 Å². The number of amides is 1. The van der Waals surface area contributed by atoms with E-state index in [4.69, 9.17) is 11.6 Å². The zero-order valence-corrected chi connectivity index (χ0v) is 14.3. The maximum atomic E-state index is 12.4. The number of hydrogen-bond donors (Lipinski definition) is 2. The van der Waals surface area contributed by atoms with Crippen LogP contribution in [0.5, 0.6) is 0 Å². The van der Waals surface area contributed by atoms with Gasteiger partial charge in [-0.1, -0.05) is 29.8 Å². The number of carbonyl (C=O) groups is 1. The number of carbonyl (C=O) groups excluding carboxylic acids is 1. The van der Waals surface area contributed by atoms with Crippen molar-refractivity contribution < 1.29 is 4.79 Å². The first-order valence-electron chi connectivity index (χ1n) is 8.54. The third-order valence-electron chi connectivity index (χ3n) is 5.12. The van der Waals surface area contributed by atoms with Gasteiger partial charge in [0.15, 0.2) is 5.69 Å². The molecule has 24 heavy (non-hydrogen) atoms. The highest BCUT2D eigenvalue weighted by Crippen LogP contribution is 2.25. The summed E-state index contributed by atoms with van der Waals surface area (Å²) in [6, 6.07) is 8.31. The van der Waals surface area contributed by atoms with E-state index in [0.29, 0.717) is 18.3 Å². The van der Waals surface area contributed by atoms with Crippen LogP contribution in [0, 0.1) is 0 Å². The highest BCUT2D eigenvalue weighted by Gasteiger charge is 2.29. The van der Waals surface area contributed by atoms with Gasteiger partial charge in [0.25, 0.3) is 5.91 Å². The molecular weight excluding hydrogens is 324 g/mol. The number of nitrogens with zero attached hydrogens (tertiary/aromatic N) is 2. The minimum atomic E-state index is -0.0565. The van der Waals surface area contributed by atoms with Crippen molar-refractivity contribution in [3.63, 3.8) is 0 Å². The molecular formula is C18H21ClN4O. The van der Waals surface area contributed by atoms with Crippen LogP contribution in [0.15, 0.2) is 24.3 Å². The Labute approximate surface area is 146 Å². The molecule has 1 atom stereocenters. The van der Waals surface area contributed by atoms with Crippen molar-refractivity contribution in [1.82, 2.24) is 20.4 Å². The van der Waals surface area contributed by atoms with Crippen molar-refractivity contribution in [2.45, 2.75) is 38.3 Å². The molecule has 1 fully saturated rings. The lowest BCUT2D eigenvalue weighted by molar-refractivity contribution is 0.0729. The van der Waals surface area contributed by atoms with Crippen LogP contribution in [-0.2, 0) is 19.4 Å². The van der Waals surface area contributed by atoms with E-state index < -0.39 is 0 Å². The summed E-state index contributed by atoms with van der Waals surface area (Å²) in [7, 11) is 0. The smallest absolute Gasteiger partial charge is 0.272 e. The van der Waals surface area contributed by atoms with Gasteiger partial charge in [-0.25, -0.2) is 0 Å². The number of aromatic amines is 1. The number of rotatable bonds is 5. The SMILES string of the molecule is O=C(NCC1CCN1Cc1ccccc1Cl)c1n[nH]c2c1CCC2. The van der Waals surface area contributed by atoms with Crippen molar-refractivity contribution in [1.29, 1.82) is 0 Å². The molecule has 5 nitrogen and oxygen atoms in total. The minimum absolute atomic E-state index is 0.0565. The first-order valence-corrected chi connectivity index (χ1v) is 8.92. The van der Waals surface area contributed by atoms with E-state index in [1.807, 2.05) is 18.2 Å². The van der Waals surface area contributed by atoms with E-state index in [9.17, 15) is 4.79 Å². The quantitative estimate of drug-likeness (QED) is 0.876. The Bertz CT molecular complexity index is 757. The zero-order chi connectivity index (χ0) is 16.5. The van der Waals surface area contributed by atoms with Gasteiger partial charge >= 0.3 is 0 Å². The van der Waals surface area contributed by atoms with Gasteiger partial charge in [0, 0.05) is 42.0 Å². The van der Waals surface area contributed by atoms with Crippen LogP contribution < -0.4 is 5.32 Å². The standard InChI is InChI=1S/C18H21ClN4O/c19-15-6-2-1-4-12(15)11-23-9-8-13(23)10-20-18(24)17-14-5-3-7-16(14)21-22-17/h1-2,4,6,13H,3,5,7-11H2,(H,20,24)(H,21,22). The van der Waals surface area contributed by atoms with E-state index in [2.05, 4.69) is 26.5 Å². The lowest BCUT2D eigenvalue weighted by atomic mass is 10.0. The second kappa shape index (κ2) is 6.57. The van der Waals surface area contributed by atoms with E-state index >= 15 is 0 Å². The summed E-state index contributed by atoms with van der Waals surface area (Å²) in [5, 5.41) is 11.0. The van der Waals surface area contributed by atoms with Gasteiger partial charge in [0.2, 0.25) is 0 Å². The monoisotopic (exact) mass is 344 g/mol. The zero-order valence-electron chi connectivity index (χ0n) is 13.5. The van der Waals surface area contributed by atoms with Crippen LogP contribution in [-0.4, -0.2) is 40.1 Å². The number of fused-ring (bicyclic) bond motifs is 1. The molecule has 1 saturated heterocycles. The molecule has 0 spiro atoms. The van der Waals surface area contributed by atoms with Crippen molar-refractivity contribution >= 4 is 17.5 Å². The molecule has 2 heterocycles. The maximum Gasteiger partial charge on any atom is 0.272 e. The highest BCUT2D eigenvalue weighted by molar-refractivity contribution is 6.31. The van der Waals surface area contributed by atoms with Crippen LogP contribution in [0.25, 0.3) is 0 Å². The van der Waals surface area contributed by atoms with E-state index in [1.54, 1.807) is 0 Å². The van der Waals surface area contributed by atoms with Gasteiger partial charge in [-0.2, -0.15) is 5.10 Å². The van der Waals surface area contributed by atoms with Gasteiger partial charge < -0.3 is 5.32 Å². The Morgan fingerprint density at radius 1 is 1.38 bits per heavy atom. The van der Waals surface area contributed by atoms with Gasteiger partial charge in [-0.05, 0) is 37.3 Å². The molecule has 2 aromatic rings. The molecule has 1 aromatic carbocycles. The van der Waals surface area contributed by atoms with Crippen molar-refractivity contribution in [3.05, 3.63) is 51.8 Å². The van der Waals surface area contributed by atoms with Crippen LogP contribution in [0.3, 0.4) is 0 Å².